The minimum Gasteiger partial charge on any atom is -0.444 e. The zero-order chi connectivity index (χ0) is 6.81. The predicted octanol–water partition coefficient (Wildman–Crippen LogP) is 1.80. The number of hydrogen-bond acceptors (Lipinski definition) is 4. The van der Waals surface area contributed by atoms with E-state index >= 15 is 0 Å². The normalized spacial score (nSPS) is 10.0. The Hall–Kier alpha value is -1.16. The van der Waals surface area contributed by atoms with Gasteiger partial charge in [0.1, 0.15) is 11.1 Å². The van der Waals surface area contributed by atoms with Crippen molar-refractivity contribution >= 4 is 11.5 Å². The third-order valence-corrected chi connectivity index (χ3v) is 1.82. The van der Waals surface area contributed by atoms with Crippen LogP contribution in [0.15, 0.2) is 29.1 Å². The third-order valence-electron chi connectivity index (χ3n) is 1.08. The van der Waals surface area contributed by atoms with Crippen LogP contribution in [0.25, 0.3) is 10.8 Å². The molecule has 2 heterocycles. The van der Waals surface area contributed by atoms with Crippen LogP contribution in [0, 0.1) is 0 Å². The minimum atomic E-state index is 0.641. The molecule has 0 atom stereocenters. The largest absolute Gasteiger partial charge is 0.444 e. The lowest BCUT2D eigenvalue weighted by Gasteiger charge is -1.81. The van der Waals surface area contributed by atoms with Gasteiger partial charge in [0.25, 0.3) is 0 Å². The van der Waals surface area contributed by atoms with Crippen molar-refractivity contribution < 1.29 is 4.42 Å². The standard InChI is InChI=1S/C6H4N2OS/c1-2-8-10-5(1)6-7-3-4-9-6/h1-4H. The van der Waals surface area contributed by atoms with E-state index in [9.17, 15) is 0 Å². The average molecular weight is 152 g/mol. The fraction of sp³-hybridized carbons (Fsp3) is 0. The highest BCUT2D eigenvalue weighted by atomic mass is 32.1. The van der Waals surface area contributed by atoms with E-state index in [-0.39, 0.29) is 0 Å². The van der Waals surface area contributed by atoms with Gasteiger partial charge in [-0.2, -0.15) is 0 Å². The first-order valence-electron chi connectivity index (χ1n) is 2.77. The average Bonchev–Trinajstić information content (AvgIpc) is 2.59. The van der Waals surface area contributed by atoms with Crippen LogP contribution < -0.4 is 0 Å². The third kappa shape index (κ3) is 0.823. The number of nitrogens with zero attached hydrogens (tertiary/aromatic N) is 2. The molecule has 0 aliphatic heterocycles. The Labute approximate surface area is 61.5 Å². The molecule has 0 saturated heterocycles. The van der Waals surface area contributed by atoms with Crippen LogP contribution in [-0.4, -0.2) is 9.36 Å². The summed E-state index contributed by atoms with van der Waals surface area (Å²) in [5.74, 6) is 0.641. The molecule has 0 fully saturated rings. The van der Waals surface area contributed by atoms with Crippen molar-refractivity contribution in [2.45, 2.75) is 0 Å². The Bertz CT molecular complexity index is 255. The second-order valence-corrected chi connectivity index (χ2v) is 2.55. The lowest BCUT2D eigenvalue weighted by molar-refractivity contribution is 0.576. The van der Waals surface area contributed by atoms with Crippen molar-refractivity contribution in [1.82, 2.24) is 9.36 Å². The monoisotopic (exact) mass is 152 g/mol. The predicted molar refractivity (Wildman–Crippen MR) is 37.6 cm³/mol. The van der Waals surface area contributed by atoms with Gasteiger partial charge in [0, 0.05) is 6.20 Å². The molecule has 0 amide bonds. The quantitative estimate of drug-likeness (QED) is 0.625. The Balaban J connectivity index is 2.48. The summed E-state index contributed by atoms with van der Waals surface area (Å²) >= 11 is 1.37. The molecule has 0 N–H and O–H groups in total. The van der Waals surface area contributed by atoms with E-state index in [4.69, 9.17) is 4.42 Å². The van der Waals surface area contributed by atoms with E-state index in [1.165, 1.54) is 11.5 Å². The molecule has 0 unspecified atom stereocenters. The molecule has 50 valence electrons. The van der Waals surface area contributed by atoms with Gasteiger partial charge in [-0.3, -0.25) is 0 Å². The summed E-state index contributed by atoms with van der Waals surface area (Å²) in [6, 6.07) is 1.87. The zero-order valence-electron chi connectivity index (χ0n) is 5.02. The van der Waals surface area contributed by atoms with Crippen molar-refractivity contribution in [2.75, 3.05) is 0 Å². The van der Waals surface area contributed by atoms with Crippen LogP contribution in [0.4, 0.5) is 0 Å². The Kier molecular flexibility index (Phi) is 1.25. The molecule has 2 rings (SSSR count). The summed E-state index contributed by atoms with van der Waals surface area (Å²) in [6.45, 7) is 0. The maximum Gasteiger partial charge on any atom is 0.237 e. The lowest BCUT2D eigenvalue weighted by atomic mass is 10.5. The van der Waals surface area contributed by atoms with Crippen molar-refractivity contribution in [3.8, 4) is 10.8 Å². The van der Waals surface area contributed by atoms with Crippen molar-refractivity contribution in [3.63, 3.8) is 0 Å². The summed E-state index contributed by atoms with van der Waals surface area (Å²) < 4.78 is 8.96. The SMILES string of the molecule is c1cc(-c2ncco2)sn1. The minimum absolute atomic E-state index is 0.641. The van der Waals surface area contributed by atoms with Crippen LogP contribution in [-0.2, 0) is 0 Å². The van der Waals surface area contributed by atoms with Crippen molar-refractivity contribution in [1.29, 1.82) is 0 Å². The van der Waals surface area contributed by atoms with Crippen LogP contribution in [0.5, 0.6) is 0 Å². The maximum absolute atomic E-state index is 5.04. The van der Waals surface area contributed by atoms with Gasteiger partial charge in [0.2, 0.25) is 5.89 Å². The van der Waals surface area contributed by atoms with Gasteiger partial charge >= 0.3 is 0 Å². The van der Waals surface area contributed by atoms with Crippen LogP contribution in [0.1, 0.15) is 0 Å². The number of aromatic nitrogens is 2. The summed E-state index contributed by atoms with van der Waals surface area (Å²) in [5.41, 5.74) is 0. The van der Waals surface area contributed by atoms with E-state index < -0.39 is 0 Å². The molecule has 2 aromatic heterocycles. The first-order valence-corrected chi connectivity index (χ1v) is 3.55. The van der Waals surface area contributed by atoms with E-state index in [2.05, 4.69) is 9.36 Å². The van der Waals surface area contributed by atoms with Crippen LogP contribution >= 0.6 is 11.5 Å². The van der Waals surface area contributed by atoms with Gasteiger partial charge < -0.3 is 4.42 Å². The van der Waals surface area contributed by atoms with Gasteiger partial charge in [-0.1, -0.05) is 0 Å². The molecule has 0 aliphatic carbocycles. The van der Waals surface area contributed by atoms with E-state index in [1.807, 2.05) is 6.07 Å². The number of oxazole rings is 1. The molecule has 10 heavy (non-hydrogen) atoms. The molecule has 0 spiro atoms. The summed E-state index contributed by atoms with van der Waals surface area (Å²) in [4.78, 5) is 4.93. The summed E-state index contributed by atoms with van der Waals surface area (Å²) in [7, 11) is 0. The van der Waals surface area contributed by atoms with Gasteiger partial charge in [-0.05, 0) is 17.6 Å². The number of rotatable bonds is 1. The molecule has 2 aromatic rings. The highest BCUT2D eigenvalue weighted by Gasteiger charge is 2.01. The van der Waals surface area contributed by atoms with Gasteiger partial charge in [0.15, 0.2) is 0 Å². The van der Waals surface area contributed by atoms with E-state index in [0.29, 0.717) is 5.89 Å². The zero-order valence-corrected chi connectivity index (χ0v) is 5.84. The first kappa shape index (κ1) is 5.61. The van der Waals surface area contributed by atoms with Crippen molar-refractivity contribution in [2.24, 2.45) is 0 Å². The van der Waals surface area contributed by atoms with Gasteiger partial charge in [-0.15, -0.1) is 0 Å². The molecule has 0 saturated carbocycles. The highest BCUT2D eigenvalue weighted by molar-refractivity contribution is 7.09. The lowest BCUT2D eigenvalue weighted by Crippen LogP contribution is -1.65. The molecular formula is C6H4N2OS. The Morgan fingerprint density at radius 1 is 1.40 bits per heavy atom. The summed E-state index contributed by atoms with van der Waals surface area (Å²) in [5, 5.41) is 0. The first-order chi connectivity index (χ1) is 4.97. The van der Waals surface area contributed by atoms with Gasteiger partial charge in [-0.25, -0.2) is 9.36 Å². The second-order valence-electron chi connectivity index (χ2n) is 1.71. The van der Waals surface area contributed by atoms with E-state index in [1.54, 1.807) is 18.7 Å². The molecule has 0 bridgehead atoms. The van der Waals surface area contributed by atoms with Crippen molar-refractivity contribution in [3.05, 3.63) is 24.7 Å². The fourth-order valence-electron chi connectivity index (χ4n) is 0.671. The molecular weight excluding hydrogens is 148 g/mol. The molecule has 0 radical (unpaired) electrons. The molecule has 4 heteroatoms. The van der Waals surface area contributed by atoms with Crippen LogP contribution in [0.2, 0.25) is 0 Å². The highest BCUT2D eigenvalue weighted by Crippen LogP contribution is 2.19. The van der Waals surface area contributed by atoms with Crippen LogP contribution in [0.3, 0.4) is 0 Å². The fourth-order valence-corrected chi connectivity index (χ4v) is 1.21. The van der Waals surface area contributed by atoms with E-state index in [0.717, 1.165) is 4.88 Å². The smallest absolute Gasteiger partial charge is 0.237 e. The molecule has 3 nitrogen and oxygen atoms in total. The van der Waals surface area contributed by atoms with Gasteiger partial charge in [0.05, 0.1) is 6.20 Å². The topological polar surface area (TPSA) is 38.9 Å². The Morgan fingerprint density at radius 3 is 3.00 bits per heavy atom. The second kappa shape index (κ2) is 2.22. The Morgan fingerprint density at radius 2 is 2.40 bits per heavy atom. The molecule has 0 aromatic carbocycles. The summed E-state index contributed by atoms with van der Waals surface area (Å²) in [6.07, 6.45) is 4.90. The number of hydrogen-bond donors (Lipinski definition) is 0. The molecule has 0 aliphatic rings. The maximum atomic E-state index is 5.04.